The Morgan fingerprint density at radius 3 is 2.34 bits per heavy atom. The standard InChI is InChI=1S/C24H22N4O6S/c1-14-10-23(30)34-21-12-18(6-9-20(14)21)33-13-22(29)27-17-4-7-19(8-5-17)35(31,32)28-24-25-15(2)11-16(3)26-24/h4-12H,13H2,1-3H3,(H,27,29)(H,25,26,28). The summed E-state index contributed by atoms with van der Waals surface area (Å²) in [6, 6.07) is 13.7. The molecule has 0 spiro atoms. The Bertz CT molecular complexity index is 1560. The fraction of sp³-hybridized carbons (Fsp3) is 0.167. The van der Waals surface area contributed by atoms with Crippen LogP contribution in [0.1, 0.15) is 17.0 Å². The van der Waals surface area contributed by atoms with Crippen LogP contribution < -0.4 is 20.4 Å². The third-order valence-corrected chi connectivity index (χ3v) is 6.29. The van der Waals surface area contributed by atoms with Crippen LogP contribution in [0.3, 0.4) is 0 Å². The number of aryl methyl sites for hydroxylation is 3. The number of aromatic nitrogens is 2. The fourth-order valence-corrected chi connectivity index (χ4v) is 4.35. The molecule has 2 aromatic heterocycles. The molecule has 0 unspecified atom stereocenters. The molecule has 4 aromatic rings. The van der Waals surface area contributed by atoms with Gasteiger partial charge in [0.15, 0.2) is 6.61 Å². The molecule has 0 bridgehead atoms. The van der Waals surface area contributed by atoms with E-state index in [0.717, 1.165) is 10.9 Å². The number of benzene rings is 2. The second-order valence-corrected chi connectivity index (χ2v) is 9.53. The average molecular weight is 495 g/mol. The number of sulfonamides is 1. The first kappa shape index (κ1) is 23.9. The number of fused-ring (bicyclic) bond motifs is 1. The van der Waals surface area contributed by atoms with Crippen LogP contribution >= 0.6 is 0 Å². The molecule has 4 rings (SSSR count). The molecule has 0 radical (unpaired) electrons. The van der Waals surface area contributed by atoms with Gasteiger partial charge in [-0.05, 0) is 68.8 Å². The molecule has 10 nitrogen and oxygen atoms in total. The highest BCUT2D eigenvalue weighted by Gasteiger charge is 2.16. The number of rotatable bonds is 7. The number of anilines is 2. The van der Waals surface area contributed by atoms with E-state index in [0.29, 0.717) is 28.4 Å². The molecular weight excluding hydrogens is 472 g/mol. The van der Waals surface area contributed by atoms with E-state index in [1.54, 1.807) is 45.0 Å². The van der Waals surface area contributed by atoms with E-state index in [-0.39, 0.29) is 17.5 Å². The number of amides is 1. The van der Waals surface area contributed by atoms with E-state index in [4.69, 9.17) is 9.15 Å². The van der Waals surface area contributed by atoms with Crippen molar-refractivity contribution in [1.82, 2.24) is 9.97 Å². The molecule has 2 heterocycles. The third kappa shape index (κ3) is 5.82. The highest BCUT2D eigenvalue weighted by atomic mass is 32.2. The van der Waals surface area contributed by atoms with Crippen molar-refractivity contribution in [2.45, 2.75) is 25.7 Å². The molecular formula is C24H22N4O6S. The molecule has 11 heteroatoms. The van der Waals surface area contributed by atoms with Gasteiger partial charge < -0.3 is 14.5 Å². The predicted molar refractivity (Wildman–Crippen MR) is 130 cm³/mol. The molecule has 0 fully saturated rings. The predicted octanol–water partition coefficient (Wildman–Crippen LogP) is 3.33. The number of hydrogen-bond donors (Lipinski definition) is 2. The van der Waals surface area contributed by atoms with Gasteiger partial charge in [0.1, 0.15) is 11.3 Å². The molecule has 0 saturated carbocycles. The van der Waals surface area contributed by atoms with Gasteiger partial charge in [0.2, 0.25) is 5.95 Å². The summed E-state index contributed by atoms with van der Waals surface area (Å²) in [7, 11) is -3.91. The number of carbonyl (C=O) groups excluding carboxylic acids is 1. The van der Waals surface area contributed by atoms with Gasteiger partial charge in [0.25, 0.3) is 15.9 Å². The van der Waals surface area contributed by atoms with Gasteiger partial charge >= 0.3 is 5.63 Å². The Balaban J connectivity index is 1.38. The van der Waals surface area contributed by atoms with Gasteiger partial charge in [-0.25, -0.2) is 27.9 Å². The molecule has 2 aromatic carbocycles. The van der Waals surface area contributed by atoms with Crippen LogP contribution in [-0.2, 0) is 14.8 Å². The second-order valence-electron chi connectivity index (χ2n) is 7.85. The molecule has 0 aliphatic carbocycles. The molecule has 0 saturated heterocycles. The Kier molecular flexibility index (Phi) is 6.52. The molecule has 35 heavy (non-hydrogen) atoms. The number of hydrogen-bond acceptors (Lipinski definition) is 8. The van der Waals surface area contributed by atoms with E-state index in [9.17, 15) is 18.0 Å². The molecule has 0 atom stereocenters. The van der Waals surface area contributed by atoms with Gasteiger partial charge in [-0.2, -0.15) is 0 Å². The van der Waals surface area contributed by atoms with Gasteiger partial charge in [-0.3, -0.25) is 4.79 Å². The highest BCUT2D eigenvalue weighted by Crippen LogP contribution is 2.22. The van der Waals surface area contributed by atoms with Crippen LogP contribution in [0, 0.1) is 20.8 Å². The van der Waals surface area contributed by atoms with Crippen molar-refractivity contribution in [3.8, 4) is 5.75 Å². The zero-order valence-corrected chi connectivity index (χ0v) is 20.0. The number of carbonyl (C=O) groups is 1. The minimum atomic E-state index is -3.91. The topological polar surface area (TPSA) is 140 Å². The summed E-state index contributed by atoms with van der Waals surface area (Å²) in [6.07, 6.45) is 0. The lowest BCUT2D eigenvalue weighted by atomic mass is 10.1. The van der Waals surface area contributed by atoms with Gasteiger partial charge in [-0.15, -0.1) is 0 Å². The Labute approximate surface area is 201 Å². The third-order valence-electron chi connectivity index (χ3n) is 4.95. The normalized spacial score (nSPS) is 11.3. The van der Waals surface area contributed by atoms with Crippen LogP contribution in [0.4, 0.5) is 11.6 Å². The Morgan fingerprint density at radius 2 is 1.66 bits per heavy atom. The zero-order chi connectivity index (χ0) is 25.2. The summed E-state index contributed by atoms with van der Waals surface area (Å²) in [6.45, 7) is 4.99. The van der Waals surface area contributed by atoms with Crippen LogP contribution in [0.25, 0.3) is 11.0 Å². The molecule has 180 valence electrons. The van der Waals surface area contributed by atoms with Crippen LogP contribution in [0.5, 0.6) is 5.75 Å². The SMILES string of the molecule is Cc1cc(C)nc(NS(=O)(=O)c2ccc(NC(=O)COc3ccc4c(C)cc(=O)oc4c3)cc2)n1. The lowest BCUT2D eigenvalue weighted by Crippen LogP contribution is -2.20. The number of nitrogens with zero attached hydrogens (tertiary/aromatic N) is 2. The van der Waals surface area contributed by atoms with Gasteiger partial charge in [0.05, 0.1) is 4.90 Å². The van der Waals surface area contributed by atoms with Crippen LogP contribution in [-0.4, -0.2) is 30.9 Å². The largest absolute Gasteiger partial charge is 0.484 e. The first-order chi connectivity index (χ1) is 16.6. The quantitative estimate of drug-likeness (QED) is 0.373. The zero-order valence-electron chi connectivity index (χ0n) is 19.2. The van der Waals surface area contributed by atoms with Crippen molar-refractivity contribution >= 4 is 38.5 Å². The number of ether oxygens (including phenoxy) is 1. The summed E-state index contributed by atoms with van der Waals surface area (Å²) in [5.41, 5.74) is 2.34. The summed E-state index contributed by atoms with van der Waals surface area (Å²) >= 11 is 0. The van der Waals surface area contributed by atoms with Crippen molar-refractivity contribution in [3.63, 3.8) is 0 Å². The Hall–Kier alpha value is -4.25. The first-order valence-corrected chi connectivity index (χ1v) is 12.0. The summed E-state index contributed by atoms with van der Waals surface area (Å²) in [4.78, 5) is 32.0. The maximum atomic E-state index is 12.6. The van der Waals surface area contributed by atoms with E-state index in [1.165, 1.54) is 30.3 Å². The van der Waals surface area contributed by atoms with E-state index in [1.807, 2.05) is 0 Å². The maximum absolute atomic E-state index is 12.6. The van der Waals surface area contributed by atoms with E-state index < -0.39 is 21.6 Å². The minimum absolute atomic E-state index is 0.0116. The van der Waals surface area contributed by atoms with Crippen LogP contribution in [0.2, 0.25) is 0 Å². The van der Waals surface area contributed by atoms with Crippen LogP contribution in [0.15, 0.2) is 68.7 Å². The highest BCUT2D eigenvalue weighted by molar-refractivity contribution is 7.92. The fourth-order valence-electron chi connectivity index (χ4n) is 3.41. The van der Waals surface area contributed by atoms with E-state index >= 15 is 0 Å². The average Bonchev–Trinajstić information content (AvgIpc) is 2.76. The second kappa shape index (κ2) is 9.55. The molecule has 0 aliphatic heterocycles. The lowest BCUT2D eigenvalue weighted by molar-refractivity contribution is -0.118. The van der Waals surface area contributed by atoms with Crippen molar-refractivity contribution in [3.05, 3.63) is 82.0 Å². The van der Waals surface area contributed by atoms with Gasteiger partial charge in [0, 0.05) is 34.6 Å². The van der Waals surface area contributed by atoms with Crippen molar-refractivity contribution in [2.24, 2.45) is 0 Å². The molecule has 2 N–H and O–H groups in total. The monoisotopic (exact) mass is 494 g/mol. The summed E-state index contributed by atoms with van der Waals surface area (Å²) in [5, 5.41) is 3.41. The molecule has 1 amide bonds. The molecule has 0 aliphatic rings. The maximum Gasteiger partial charge on any atom is 0.336 e. The minimum Gasteiger partial charge on any atom is -0.484 e. The Morgan fingerprint density at radius 1 is 0.971 bits per heavy atom. The summed E-state index contributed by atoms with van der Waals surface area (Å²) < 4.78 is 38.3. The summed E-state index contributed by atoms with van der Waals surface area (Å²) in [5.74, 6) is -0.101. The van der Waals surface area contributed by atoms with E-state index in [2.05, 4.69) is 20.0 Å². The van der Waals surface area contributed by atoms with Crippen molar-refractivity contribution < 1.29 is 22.4 Å². The number of nitrogens with one attached hydrogen (secondary N) is 2. The lowest BCUT2D eigenvalue weighted by Gasteiger charge is -2.10. The smallest absolute Gasteiger partial charge is 0.336 e. The van der Waals surface area contributed by atoms with Crippen molar-refractivity contribution in [2.75, 3.05) is 16.6 Å². The van der Waals surface area contributed by atoms with Crippen molar-refractivity contribution in [1.29, 1.82) is 0 Å². The first-order valence-electron chi connectivity index (χ1n) is 10.5. The van der Waals surface area contributed by atoms with Gasteiger partial charge in [-0.1, -0.05) is 0 Å².